The first kappa shape index (κ1) is 18.2. The SMILES string of the molecule is COc1ccc2c(c1)NC(=O)[C@@]21C[C@@H]2C(=O)N3CCC[C@@H]3C(=O)N2[C@H]1C=C(C)C. The predicted octanol–water partition coefficient (Wildman–Crippen LogP) is 1.83. The van der Waals surface area contributed by atoms with Crippen LogP contribution in [-0.4, -0.2) is 59.3 Å². The molecule has 3 fully saturated rings. The zero-order chi connectivity index (χ0) is 20.5. The van der Waals surface area contributed by atoms with E-state index in [9.17, 15) is 14.4 Å². The molecule has 1 aromatic rings. The Kier molecular flexibility index (Phi) is 3.82. The van der Waals surface area contributed by atoms with Crippen LogP contribution in [0.4, 0.5) is 5.69 Å². The minimum Gasteiger partial charge on any atom is -0.497 e. The molecule has 1 aromatic carbocycles. The molecule has 0 aliphatic carbocycles. The van der Waals surface area contributed by atoms with E-state index in [2.05, 4.69) is 5.32 Å². The molecule has 4 aliphatic rings. The van der Waals surface area contributed by atoms with Gasteiger partial charge in [-0.3, -0.25) is 14.4 Å². The first-order valence-corrected chi connectivity index (χ1v) is 10.2. The average Bonchev–Trinajstić information content (AvgIpc) is 3.36. The van der Waals surface area contributed by atoms with Crippen LogP contribution >= 0.6 is 0 Å². The lowest BCUT2D eigenvalue weighted by Gasteiger charge is -2.41. The van der Waals surface area contributed by atoms with Crippen molar-refractivity contribution in [1.29, 1.82) is 0 Å². The summed E-state index contributed by atoms with van der Waals surface area (Å²) in [6, 6.07) is 4.07. The molecule has 0 unspecified atom stereocenters. The lowest BCUT2D eigenvalue weighted by molar-refractivity contribution is -0.158. The first-order chi connectivity index (χ1) is 13.9. The van der Waals surface area contributed by atoms with Crippen LogP contribution in [0.1, 0.15) is 38.7 Å². The van der Waals surface area contributed by atoms with Gasteiger partial charge in [0.25, 0.3) is 0 Å². The summed E-state index contributed by atoms with van der Waals surface area (Å²) in [5.74, 6) is 0.453. The molecule has 5 rings (SSSR count). The molecule has 3 amide bonds. The van der Waals surface area contributed by atoms with Gasteiger partial charge in [-0.25, -0.2) is 0 Å². The zero-order valence-electron chi connectivity index (χ0n) is 16.9. The first-order valence-electron chi connectivity index (χ1n) is 10.2. The predicted molar refractivity (Wildman–Crippen MR) is 107 cm³/mol. The maximum Gasteiger partial charge on any atom is 0.246 e. The molecule has 1 spiro atoms. The van der Waals surface area contributed by atoms with Gasteiger partial charge in [-0.05, 0) is 44.7 Å². The Morgan fingerprint density at radius 1 is 1.21 bits per heavy atom. The lowest BCUT2D eigenvalue weighted by Crippen LogP contribution is -2.62. The number of hydrogen-bond donors (Lipinski definition) is 1. The van der Waals surface area contributed by atoms with E-state index in [4.69, 9.17) is 4.74 Å². The summed E-state index contributed by atoms with van der Waals surface area (Å²) >= 11 is 0. The quantitative estimate of drug-likeness (QED) is 0.775. The molecule has 29 heavy (non-hydrogen) atoms. The van der Waals surface area contributed by atoms with Gasteiger partial charge in [0.05, 0.1) is 13.2 Å². The van der Waals surface area contributed by atoms with E-state index in [0.29, 0.717) is 30.8 Å². The molecule has 3 saturated heterocycles. The van der Waals surface area contributed by atoms with Gasteiger partial charge in [0.1, 0.15) is 23.2 Å². The number of rotatable bonds is 2. The Bertz CT molecular complexity index is 967. The van der Waals surface area contributed by atoms with Crippen LogP contribution in [0.2, 0.25) is 0 Å². The molecule has 1 N–H and O–H groups in total. The summed E-state index contributed by atoms with van der Waals surface area (Å²) in [7, 11) is 1.58. The van der Waals surface area contributed by atoms with Crippen LogP contribution in [0.15, 0.2) is 29.8 Å². The van der Waals surface area contributed by atoms with E-state index < -0.39 is 17.5 Å². The summed E-state index contributed by atoms with van der Waals surface area (Å²) in [5, 5.41) is 2.99. The van der Waals surface area contributed by atoms with Gasteiger partial charge >= 0.3 is 0 Å². The molecule has 152 valence electrons. The number of anilines is 1. The van der Waals surface area contributed by atoms with Crippen LogP contribution in [-0.2, 0) is 19.8 Å². The topological polar surface area (TPSA) is 79.0 Å². The van der Waals surface area contributed by atoms with Crippen molar-refractivity contribution in [3.63, 3.8) is 0 Å². The molecule has 0 radical (unpaired) electrons. The number of benzene rings is 1. The molecule has 7 nitrogen and oxygen atoms in total. The van der Waals surface area contributed by atoms with E-state index in [1.807, 2.05) is 32.1 Å². The van der Waals surface area contributed by atoms with E-state index >= 15 is 0 Å². The summed E-state index contributed by atoms with van der Waals surface area (Å²) in [6.45, 7) is 4.54. The number of piperazine rings is 1. The number of amides is 3. The maximum atomic E-state index is 13.4. The molecular formula is C22H25N3O4. The van der Waals surface area contributed by atoms with Crippen molar-refractivity contribution in [3.05, 3.63) is 35.4 Å². The number of carbonyl (C=O) groups is 3. The molecular weight excluding hydrogens is 370 g/mol. The average molecular weight is 395 g/mol. The standard InChI is InChI=1S/C22H25N3O4/c1-12(2)9-18-22(14-7-6-13(29-3)10-15(14)23-21(22)28)11-17-19(26)24-8-4-5-16(24)20(27)25(17)18/h6-7,9-10,16-18H,4-5,8,11H2,1-3H3,(H,23,28)/t16-,17-,18+,22+/m1/s1. The van der Waals surface area contributed by atoms with Gasteiger partial charge < -0.3 is 19.9 Å². The number of hydrogen-bond acceptors (Lipinski definition) is 4. The Morgan fingerprint density at radius 2 is 2.00 bits per heavy atom. The Hall–Kier alpha value is -2.83. The second-order valence-corrected chi connectivity index (χ2v) is 8.68. The van der Waals surface area contributed by atoms with Crippen molar-refractivity contribution in [1.82, 2.24) is 9.80 Å². The molecule has 4 aliphatic heterocycles. The molecule has 4 atom stereocenters. The smallest absolute Gasteiger partial charge is 0.246 e. The molecule has 0 aromatic heterocycles. The number of fused-ring (bicyclic) bond motifs is 4. The fourth-order valence-electron chi connectivity index (χ4n) is 5.64. The number of ether oxygens (including phenoxy) is 1. The monoisotopic (exact) mass is 395 g/mol. The summed E-state index contributed by atoms with van der Waals surface area (Å²) in [5.41, 5.74) is 1.58. The van der Waals surface area contributed by atoms with E-state index in [0.717, 1.165) is 17.6 Å². The zero-order valence-corrected chi connectivity index (χ0v) is 16.9. The van der Waals surface area contributed by atoms with Crippen molar-refractivity contribution in [2.24, 2.45) is 0 Å². The van der Waals surface area contributed by atoms with Crippen LogP contribution in [0, 0.1) is 0 Å². The Balaban J connectivity index is 1.69. The van der Waals surface area contributed by atoms with Crippen molar-refractivity contribution >= 4 is 23.4 Å². The van der Waals surface area contributed by atoms with Crippen molar-refractivity contribution in [2.45, 2.75) is 56.7 Å². The third-order valence-electron chi connectivity index (χ3n) is 6.87. The van der Waals surface area contributed by atoms with Gasteiger partial charge in [-0.15, -0.1) is 0 Å². The van der Waals surface area contributed by atoms with Crippen molar-refractivity contribution < 1.29 is 19.1 Å². The van der Waals surface area contributed by atoms with Crippen LogP contribution in [0.3, 0.4) is 0 Å². The molecule has 4 heterocycles. The molecule has 7 heteroatoms. The Morgan fingerprint density at radius 3 is 2.72 bits per heavy atom. The molecule has 0 bridgehead atoms. The number of allylic oxidation sites excluding steroid dienone is 1. The van der Waals surface area contributed by atoms with Gasteiger partial charge in [0, 0.05) is 18.3 Å². The molecule has 0 saturated carbocycles. The van der Waals surface area contributed by atoms with Crippen molar-refractivity contribution in [3.8, 4) is 5.75 Å². The van der Waals surface area contributed by atoms with Gasteiger partial charge in [-0.2, -0.15) is 0 Å². The van der Waals surface area contributed by atoms with Gasteiger partial charge in [0.2, 0.25) is 17.7 Å². The largest absolute Gasteiger partial charge is 0.497 e. The fourth-order valence-corrected chi connectivity index (χ4v) is 5.64. The fraction of sp³-hybridized carbons (Fsp3) is 0.500. The highest BCUT2D eigenvalue weighted by atomic mass is 16.5. The van der Waals surface area contributed by atoms with Crippen LogP contribution in [0.25, 0.3) is 0 Å². The van der Waals surface area contributed by atoms with Crippen molar-refractivity contribution in [2.75, 3.05) is 19.0 Å². The third-order valence-corrected chi connectivity index (χ3v) is 6.87. The minimum absolute atomic E-state index is 0.0223. The van der Waals surface area contributed by atoms with E-state index in [1.165, 1.54) is 0 Å². The normalized spacial score (nSPS) is 32.2. The number of carbonyl (C=O) groups excluding carboxylic acids is 3. The highest BCUT2D eigenvalue weighted by molar-refractivity contribution is 6.10. The van der Waals surface area contributed by atoms with Crippen LogP contribution < -0.4 is 10.1 Å². The third kappa shape index (κ3) is 2.27. The number of methoxy groups -OCH3 is 1. The summed E-state index contributed by atoms with van der Waals surface area (Å²) < 4.78 is 5.31. The minimum atomic E-state index is -0.964. The summed E-state index contributed by atoms with van der Waals surface area (Å²) in [6.07, 6.45) is 3.84. The van der Waals surface area contributed by atoms with Gasteiger partial charge in [0.15, 0.2) is 0 Å². The van der Waals surface area contributed by atoms with E-state index in [-0.39, 0.29) is 23.8 Å². The van der Waals surface area contributed by atoms with Crippen LogP contribution in [0.5, 0.6) is 5.75 Å². The van der Waals surface area contributed by atoms with Gasteiger partial charge in [-0.1, -0.05) is 17.7 Å². The highest BCUT2D eigenvalue weighted by Gasteiger charge is 2.66. The highest BCUT2D eigenvalue weighted by Crippen LogP contribution is 2.53. The summed E-state index contributed by atoms with van der Waals surface area (Å²) in [4.78, 5) is 43.6. The lowest BCUT2D eigenvalue weighted by atomic mass is 9.73. The maximum absolute atomic E-state index is 13.4. The Labute approximate surface area is 169 Å². The second-order valence-electron chi connectivity index (χ2n) is 8.68. The number of nitrogens with zero attached hydrogens (tertiary/aromatic N) is 2. The number of nitrogens with one attached hydrogen (secondary N) is 1. The van der Waals surface area contributed by atoms with E-state index in [1.54, 1.807) is 23.0 Å². The second kappa shape index (κ2) is 6.08.